The Balaban J connectivity index is 1.54. The van der Waals surface area contributed by atoms with E-state index in [-0.39, 0.29) is 17.8 Å². The topological polar surface area (TPSA) is 29.1 Å². The van der Waals surface area contributed by atoms with Crippen LogP contribution in [0.25, 0.3) is 0 Å². The number of fused-ring (bicyclic) bond motifs is 1. The SMILES string of the molecule is O=C(CSCc1c(F)cccc1Cl)N[C@H]1CCCc2ccccc21. The molecule has 0 fully saturated rings. The lowest BCUT2D eigenvalue weighted by Gasteiger charge is -2.26. The lowest BCUT2D eigenvalue weighted by atomic mass is 9.88. The number of aryl methyl sites for hydroxylation is 1. The van der Waals surface area contributed by atoms with E-state index in [0.717, 1.165) is 19.3 Å². The lowest BCUT2D eigenvalue weighted by molar-refractivity contribution is -0.119. The predicted molar refractivity (Wildman–Crippen MR) is 97.8 cm³/mol. The van der Waals surface area contributed by atoms with Crippen molar-refractivity contribution >= 4 is 29.3 Å². The van der Waals surface area contributed by atoms with Crippen molar-refractivity contribution in [1.29, 1.82) is 0 Å². The Morgan fingerprint density at radius 1 is 1.25 bits per heavy atom. The van der Waals surface area contributed by atoms with Crippen molar-refractivity contribution in [3.63, 3.8) is 0 Å². The summed E-state index contributed by atoms with van der Waals surface area (Å²) in [5.74, 6) is 0.342. The Morgan fingerprint density at radius 2 is 2.08 bits per heavy atom. The smallest absolute Gasteiger partial charge is 0.230 e. The van der Waals surface area contributed by atoms with Gasteiger partial charge in [0.1, 0.15) is 5.82 Å². The van der Waals surface area contributed by atoms with E-state index in [9.17, 15) is 9.18 Å². The van der Waals surface area contributed by atoms with Gasteiger partial charge in [-0.15, -0.1) is 11.8 Å². The third kappa shape index (κ3) is 4.11. The molecule has 5 heteroatoms. The van der Waals surface area contributed by atoms with Gasteiger partial charge in [-0.1, -0.05) is 41.9 Å². The molecule has 2 nitrogen and oxygen atoms in total. The molecule has 1 atom stereocenters. The number of rotatable bonds is 5. The molecular formula is C19H19ClFNOS. The molecule has 2 aromatic rings. The molecule has 0 unspecified atom stereocenters. The fourth-order valence-electron chi connectivity index (χ4n) is 3.06. The summed E-state index contributed by atoms with van der Waals surface area (Å²) in [4.78, 5) is 12.2. The van der Waals surface area contributed by atoms with Gasteiger partial charge in [0, 0.05) is 16.3 Å². The maximum atomic E-state index is 13.7. The third-order valence-corrected chi connectivity index (χ3v) is 5.56. The maximum Gasteiger partial charge on any atom is 0.230 e. The molecule has 0 spiro atoms. The summed E-state index contributed by atoms with van der Waals surface area (Å²) in [5, 5.41) is 3.51. The Labute approximate surface area is 150 Å². The Morgan fingerprint density at radius 3 is 2.92 bits per heavy atom. The van der Waals surface area contributed by atoms with Crippen LogP contribution in [-0.2, 0) is 17.0 Å². The second-order valence-corrected chi connectivity index (χ2v) is 7.30. The summed E-state index contributed by atoms with van der Waals surface area (Å²) in [7, 11) is 0. The summed E-state index contributed by atoms with van der Waals surface area (Å²) >= 11 is 7.38. The summed E-state index contributed by atoms with van der Waals surface area (Å²) in [6.07, 6.45) is 3.12. The fraction of sp³-hybridized carbons (Fsp3) is 0.316. The van der Waals surface area contributed by atoms with Crippen LogP contribution >= 0.6 is 23.4 Å². The molecular weight excluding hydrogens is 345 g/mol. The van der Waals surface area contributed by atoms with Crippen LogP contribution in [0.15, 0.2) is 42.5 Å². The first-order valence-corrected chi connectivity index (χ1v) is 9.56. The van der Waals surface area contributed by atoms with Crippen LogP contribution in [0.2, 0.25) is 5.02 Å². The Bertz CT molecular complexity index is 717. The molecule has 3 rings (SSSR count). The van der Waals surface area contributed by atoms with Crippen molar-refractivity contribution in [1.82, 2.24) is 5.32 Å². The van der Waals surface area contributed by atoms with Crippen molar-refractivity contribution in [2.45, 2.75) is 31.1 Å². The first-order valence-electron chi connectivity index (χ1n) is 8.03. The van der Waals surface area contributed by atoms with Crippen molar-refractivity contribution in [3.8, 4) is 0 Å². The molecule has 0 radical (unpaired) electrons. The number of amides is 1. The van der Waals surface area contributed by atoms with Crippen molar-refractivity contribution < 1.29 is 9.18 Å². The standard InChI is InChI=1S/C19H19ClFNOS/c20-16-8-4-9-17(21)15(16)11-24-12-19(23)22-18-10-3-6-13-5-1-2-7-14(13)18/h1-2,4-5,7-9,18H,3,6,10-12H2,(H,22,23)/t18-/m0/s1. The molecule has 24 heavy (non-hydrogen) atoms. The van der Waals surface area contributed by atoms with Gasteiger partial charge >= 0.3 is 0 Å². The van der Waals surface area contributed by atoms with Gasteiger partial charge in [0.25, 0.3) is 0 Å². The number of benzene rings is 2. The monoisotopic (exact) mass is 363 g/mol. The summed E-state index contributed by atoms with van der Waals surface area (Å²) in [6.45, 7) is 0. The highest BCUT2D eigenvalue weighted by Crippen LogP contribution is 2.29. The first-order chi connectivity index (χ1) is 11.6. The Hall–Kier alpha value is -1.52. The van der Waals surface area contributed by atoms with Gasteiger partial charge in [-0.25, -0.2) is 4.39 Å². The average Bonchev–Trinajstić information content (AvgIpc) is 2.58. The van der Waals surface area contributed by atoms with E-state index in [1.165, 1.54) is 29.0 Å². The van der Waals surface area contributed by atoms with Crippen molar-refractivity contribution in [2.24, 2.45) is 0 Å². The Kier molecular flexibility index (Phi) is 5.80. The highest BCUT2D eigenvalue weighted by atomic mass is 35.5. The first kappa shape index (κ1) is 17.3. The van der Waals surface area contributed by atoms with E-state index in [1.807, 2.05) is 12.1 Å². The number of halogens is 2. The molecule has 1 amide bonds. The number of hydrogen-bond donors (Lipinski definition) is 1. The van der Waals surface area contributed by atoms with Gasteiger partial charge < -0.3 is 5.32 Å². The largest absolute Gasteiger partial charge is 0.349 e. The maximum absolute atomic E-state index is 13.7. The van der Waals surface area contributed by atoms with Crippen LogP contribution in [0.3, 0.4) is 0 Å². The molecule has 0 saturated carbocycles. The minimum Gasteiger partial charge on any atom is -0.349 e. The quantitative estimate of drug-likeness (QED) is 0.818. The molecule has 2 aromatic carbocycles. The highest BCUT2D eigenvalue weighted by molar-refractivity contribution is 7.99. The number of carbonyl (C=O) groups is 1. The molecule has 0 saturated heterocycles. The van der Waals surface area contributed by atoms with Gasteiger partial charge in [-0.05, 0) is 42.5 Å². The van der Waals surface area contributed by atoms with E-state index < -0.39 is 0 Å². The van der Waals surface area contributed by atoms with Crippen LogP contribution in [-0.4, -0.2) is 11.7 Å². The van der Waals surface area contributed by atoms with Gasteiger partial charge in [-0.3, -0.25) is 4.79 Å². The number of hydrogen-bond acceptors (Lipinski definition) is 2. The summed E-state index contributed by atoms with van der Waals surface area (Å²) < 4.78 is 13.7. The average molecular weight is 364 g/mol. The van der Waals surface area contributed by atoms with E-state index in [2.05, 4.69) is 17.4 Å². The predicted octanol–water partition coefficient (Wildman–Crippen LogP) is 4.91. The van der Waals surface area contributed by atoms with Gasteiger partial charge in [0.2, 0.25) is 5.91 Å². The van der Waals surface area contributed by atoms with Crippen LogP contribution in [0.5, 0.6) is 0 Å². The van der Waals surface area contributed by atoms with E-state index in [4.69, 9.17) is 11.6 Å². The van der Waals surface area contributed by atoms with Gasteiger partial charge in [0.05, 0.1) is 11.8 Å². The molecule has 1 aliphatic rings. The molecule has 126 valence electrons. The lowest BCUT2D eigenvalue weighted by Crippen LogP contribution is -2.32. The zero-order chi connectivity index (χ0) is 16.9. The summed E-state index contributed by atoms with van der Waals surface area (Å²) in [5.41, 5.74) is 3.00. The minimum atomic E-state index is -0.323. The molecule has 1 aliphatic carbocycles. The molecule has 0 bridgehead atoms. The molecule has 0 heterocycles. The van der Waals surface area contributed by atoms with E-state index in [1.54, 1.807) is 12.1 Å². The normalized spacial score (nSPS) is 16.5. The zero-order valence-electron chi connectivity index (χ0n) is 13.2. The van der Waals surface area contributed by atoms with Gasteiger partial charge in [0.15, 0.2) is 0 Å². The van der Waals surface area contributed by atoms with Crippen LogP contribution < -0.4 is 5.32 Å². The second kappa shape index (κ2) is 8.04. The van der Waals surface area contributed by atoms with Crippen molar-refractivity contribution in [3.05, 3.63) is 70.0 Å². The fourth-order valence-corrected chi connectivity index (χ4v) is 4.23. The van der Waals surface area contributed by atoms with Crippen LogP contribution in [0.4, 0.5) is 4.39 Å². The number of thioether (sulfide) groups is 1. The highest BCUT2D eigenvalue weighted by Gasteiger charge is 2.21. The van der Waals surface area contributed by atoms with Crippen molar-refractivity contribution in [2.75, 3.05) is 5.75 Å². The van der Waals surface area contributed by atoms with Crippen LogP contribution in [0, 0.1) is 5.82 Å². The van der Waals surface area contributed by atoms with Crippen LogP contribution in [0.1, 0.15) is 35.6 Å². The van der Waals surface area contributed by atoms with Gasteiger partial charge in [-0.2, -0.15) is 0 Å². The second-order valence-electron chi connectivity index (χ2n) is 5.90. The summed E-state index contributed by atoms with van der Waals surface area (Å²) in [6, 6.07) is 13.0. The number of carbonyl (C=O) groups excluding carboxylic acids is 1. The molecule has 0 aromatic heterocycles. The zero-order valence-corrected chi connectivity index (χ0v) is 14.8. The van der Waals surface area contributed by atoms with E-state index in [0.29, 0.717) is 22.1 Å². The van der Waals surface area contributed by atoms with E-state index >= 15 is 0 Å². The number of nitrogens with one attached hydrogen (secondary N) is 1. The minimum absolute atomic E-state index is 0.0193. The molecule has 0 aliphatic heterocycles. The third-order valence-electron chi connectivity index (χ3n) is 4.25. The molecule has 1 N–H and O–H groups in total.